The predicted molar refractivity (Wildman–Crippen MR) is 97.6 cm³/mol. The summed E-state index contributed by atoms with van der Waals surface area (Å²) in [5, 5.41) is 15.5. The fourth-order valence-corrected chi connectivity index (χ4v) is 3.54. The Balaban J connectivity index is 1.81. The van der Waals surface area contributed by atoms with Crippen molar-refractivity contribution in [1.82, 2.24) is 20.2 Å². The number of anilines is 1. The van der Waals surface area contributed by atoms with E-state index >= 15 is 0 Å². The van der Waals surface area contributed by atoms with Crippen LogP contribution in [-0.4, -0.2) is 52.8 Å². The quantitative estimate of drug-likeness (QED) is 0.742. The van der Waals surface area contributed by atoms with Gasteiger partial charge in [0.25, 0.3) is 0 Å². The first-order valence-electron chi connectivity index (χ1n) is 8.92. The summed E-state index contributed by atoms with van der Waals surface area (Å²) in [5.74, 6) is 0.206. The van der Waals surface area contributed by atoms with Gasteiger partial charge in [-0.25, -0.2) is 9.78 Å². The van der Waals surface area contributed by atoms with Crippen LogP contribution in [0.5, 0.6) is 0 Å². The van der Waals surface area contributed by atoms with E-state index in [1.165, 1.54) is 11.1 Å². The van der Waals surface area contributed by atoms with Gasteiger partial charge in [0.2, 0.25) is 0 Å². The molecule has 7 nitrogen and oxygen atoms in total. The second kappa shape index (κ2) is 7.58. The molecule has 3 N–H and O–H groups in total. The maximum Gasteiger partial charge on any atom is 0.405 e. The number of aromatic nitrogens is 2. The normalized spacial score (nSPS) is 19.8. The molecule has 0 aliphatic carbocycles. The molecule has 0 radical (unpaired) electrons. The van der Waals surface area contributed by atoms with E-state index in [2.05, 4.69) is 21.4 Å². The van der Waals surface area contributed by atoms with Gasteiger partial charge in [0, 0.05) is 42.8 Å². The zero-order valence-corrected chi connectivity index (χ0v) is 15.5. The lowest BCUT2D eigenvalue weighted by molar-refractivity contribution is -0.123. The fourth-order valence-electron chi connectivity index (χ4n) is 3.54. The van der Waals surface area contributed by atoms with Gasteiger partial charge in [-0.1, -0.05) is 13.8 Å². The van der Waals surface area contributed by atoms with E-state index < -0.39 is 18.8 Å². The molecular formula is C18H21F3N6O. The van der Waals surface area contributed by atoms with Crippen molar-refractivity contribution in [3.8, 4) is 6.07 Å². The van der Waals surface area contributed by atoms with Crippen LogP contribution < -0.4 is 10.6 Å². The van der Waals surface area contributed by atoms with Crippen molar-refractivity contribution in [3.05, 3.63) is 24.0 Å². The van der Waals surface area contributed by atoms with E-state index in [9.17, 15) is 23.2 Å². The van der Waals surface area contributed by atoms with Crippen molar-refractivity contribution < 1.29 is 18.0 Å². The molecule has 10 heteroatoms. The maximum atomic E-state index is 12.4. The molecule has 2 aromatic rings. The monoisotopic (exact) mass is 394 g/mol. The fraction of sp³-hybridized carbons (Fsp3) is 0.500. The van der Waals surface area contributed by atoms with Gasteiger partial charge in [-0.15, -0.1) is 0 Å². The maximum absolute atomic E-state index is 12.4. The van der Waals surface area contributed by atoms with Crippen LogP contribution in [0, 0.1) is 23.2 Å². The van der Waals surface area contributed by atoms with E-state index in [4.69, 9.17) is 0 Å². The topological polar surface area (TPSA) is 96.8 Å². The molecule has 2 aromatic heterocycles. The van der Waals surface area contributed by atoms with Crippen molar-refractivity contribution >= 4 is 22.8 Å². The van der Waals surface area contributed by atoms with Crippen LogP contribution in [-0.2, 0) is 0 Å². The molecule has 28 heavy (non-hydrogen) atoms. The molecule has 0 spiro atoms. The largest absolute Gasteiger partial charge is 0.405 e. The molecule has 150 valence electrons. The number of likely N-dealkylation sites (tertiary alicyclic amines) is 1. The minimum absolute atomic E-state index is 0.0188. The molecule has 1 fully saturated rings. The lowest BCUT2D eigenvalue weighted by Gasteiger charge is -2.24. The third kappa shape index (κ3) is 4.13. The van der Waals surface area contributed by atoms with E-state index in [0.717, 1.165) is 5.39 Å². The van der Waals surface area contributed by atoms with Crippen LogP contribution >= 0.6 is 0 Å². The van der Waals surface area contributed by atoms with Crippen LogP contribution in [0.15, 0.2) is 18.5 Å². The van der Waals surface area contributed by atoms with Crippen molar-refractivity contribution in [2.45, 2.75) is 26.1 Å². The van der Waals surface area contributed by atoms with Gasteiger partial charge in [0.05, 0.1) is 11.3 Å². The number of fused-ring (bicyclic) bond motifs is 1. The number of nitriles is 1. The van der Waals surface area contributed by atoms with E-state index in [0.29, 0.717) is 23.4 Å². The van der Waals surface area contributed by atoms with Crippen LogP contribution in [0.25, 0.3) is 11.0 Å². The first-order valence-corrected chi connectivity index (χ1v) is 8.92. The second-order valence-corrected chi connectivity index (χ2v) is 7.24. The third-order valence-electron chi connectivity index (χ3n) is 4.99. The smallest absolute Gasteiger partial charge is 0.378 e. The zero-order chi connectivity index (χ0) is 20.5. The minimum Gasteiger partial charge on any atom is -0.378 e. The van der Waals surface area contributed by atoms with Crippen molar-refractivity contribution in [1.29, 1.82) is 5.26 Å². The van der Waals surface area contributed by atoms with Gasteiger partial charge in [-0.05, 0) is 12.0 Å². The number of amides is 2. The summed E-state index contributed by atoms with van der Waals surface area (Å²) < 4.78 is 37.2. The molecule has 0 saturated carbocycles. The summed E-state index contributed by atoms with van der Waals surface area (Å²) >= 11 is 0. The van der Waals surface area contributed by atoms with Gasteiger partial charge < -0.3 is 20.5 Å². The average Bonchev–Trinajstić information content (AvgIpc) is 3.26. The highest BCUT2D eigenvalue weighted by molar-refractivity contribution is 5.92. The van der Waals surface area contributed by atoms with E-state index in [-0.39, 0.29) is 24.4 Å². The Morgan fingerprint density at radius 1 is 1.46 bits per heavy atom. The molecule has 1 saturated heterocycles. The highest BCUT2D eigenvalue weighted by atomic mass is 19.4. The second-order valence-electron chi connectivity index (χ2n) is 7.24. The number of H-pyrrole nitrogens is 1. The van der Waals surface area contributed by atoms with Crippen LogP contribution in [0.1, 0.15) is 19.4 Å². The lowest BCUT2D eigenvalue weighted by atomic mass is 9.91. The average molecular weight is 394 g/mol. The number of hydrogen-bond acceptors (Lipinski definition) is 4. The highest BCUT2D eigenvalue weighted by Crippen LogP contribution is 2.31. The number of urea groups is 1. The van der Waals surface area contributed by atoms with Crippen LogP contribution in [0.3, 0.4) is 0 Å². The molecule has 1 aliphatic rings. The molecule has 0 aromatic carbocycles. The number of halogens is 3. The summed E-state index contributed by atoms with van der Waals surface area (Å²) in [7, 11) is 0. The van der Waals surface area contributed by atoms with Crippen LogP contribution in [0.4, 0.5) is 23.7 Å². The first kappa shape index (κ1) is 19.8. The standard InChI is InChI=1S/C18H21F3N6O/c1-10(2)13-7-27(17(28)25-9-18(19,20)21)8-14(13)26-15-11(5-22)6-24-16-12(15)3-4-23-16/h3-4,6,10,13-14H,7-9H2,1-2H3,(H,25,28)(H2,23,24,26). The Morgan fingerprint density at radius 2 is 2.21 bits per heavy atom. The number of nitrogens with zero attached hydrogens (tertiary/aromatic N) is 3. The van der Waals surface area contributed by atoms with Gasteiger partial charge in [-0.2, -0.15) is 18.4 Å². The number of pyridine rings is 1. The number of aromatic amines is 1. The molecule has 1 aliphatic heterocycles. The molecule has 0 bridgehead atoms. The van der Waals surface area contributed by atoms with Gasteiger partial charge in [0.15, 0.2) is 0 Å². The van der Waals surface area contributed by atoms with Crippen molar-refractivity contribution in [2.24, 2.45) is 11.8 Å². The van der Waals surface area contributed by atoms with E-state index in [1.807, 2.05) is 19.2 Å². The summed E-state index contributed by atoms with van der Waals surface area (Å²) in [6.45, 7) is 3.22. The molecular weight excluding hydrogens is 373 g/mol. The zero-order valence-electron chi connectivity index (χ0n) is 15.5. The third-order valence-corrected chi connectivity index (χ3v) is 4.99. The molecule has 3 rings (SSSR count). The molecule has 2 atom stereocenters. The number of rotatable bonds is 4. The Kier molecular flexibility index (Phi) is 5.36. The van der Waals surface area contributed by atoms with E-state index in [1.54, 1.807) is 12.3 Å². The minimum atomic E-state index is -4.46. The van der Waals surface area contributed by atoms with Gasteiger partial charge in [0.1, 0.15) is 18.3 Å². The Hall–Kier alpha value is -2.96. The number of alkyl halides is 3. The highest BCUT2D eigenvalue weighted by Gasteiger charge is 2.38. The molecule has 3 heterocycles. The number of nitrogens with one attached hydrogen (secondary N) is 3. The Labute approximate surface area is 159 Å². The summed E-state index contributed by atoms with van der Waals surface area (Å²) in [5.41, 5.74) is 1.61. The van der Waals surface area contributed by atoms with Crippen molar-refractivity contribution in [2.75, 3.05) is 25.0 Å². The SMILES string of the molecule is CC(C)C1CN(C(=O)NCC(F)(F)F)CC1Nc1c(C#N)cnc2[nH]ccc12. The van der Waals surface area contributed by atoms with Gasteiger partial charge >= 0.3 is 12.2 Å². The van der Waals surface area contributed by atoms with Gasteiger partial charge in [-0.3, -0.25) is 0 Å². The number of carbonyl (C=O) groups is 1. The number of carbonyl (C=O) groups excluding carboxylic acids is 1. The van der Waals surface area contributed by atoms with Crippen molar-refractivity contribution in [3.63, 3.8) is 0 Å². The summed E-state index contributed by atoms with van der Waals surface area (Å²) in [6.07, 6.45) is -1.27. The first-order chi connectivity index (χ1) is 13.2. The predicted octanol–water partition coefficient (Wildman–Crippen LogP) is 3.07. The summed E-state index contributed by atoms with van der Waals surface area (Å²) in [6, 6.07) is 2.97. The number of hydrogen-bond donors (Lipinski definition) is 3. The Bertz CT molecular complexity index is 901. The summed E-state index contributed by atoms with van der Waals surface area (Å²) in [4.78, 5) is 20.7. The molecule has 2 amide bonds. The lowest BCUT2D eigenvalue weighted by Crippen LogP contribution is -2.43. The molecule has 2 unspecified atom stereocenters. The van der Waals surface area contributed by atoms with Crippen LogP contribution in [0.2, 0.25) is 0 Å². The Morgan fingerprint density at radius 3 is 2.86 bits per heavy atom.